The van der Waals surface area contributed by atoms with Crippen LogP contribution in [0.2, 0.25) is 0 Å². The topological polar surface area (TPSA) is 126 Å². The number of aromatic amines is 1. The largest absolute Gasteiger partial charge is 0.494 e. The van der Waals surface area contributed by atoms with E-state index in [0.717, 1.165) is 34.6 Å². The molecule has 36 heavy (non-hydrogen) atoms. The van der Waals surface area contributed by atoms with E-state index in [1.54, 1.807) is 32.3 Å². The fraction of sp³-hybridized carbons (Fsp3) is 0.296. The highest BCUT2D eigenvalue weighted by Crippen LogP contribution is 2.29. The van der Waals surface area contributed by atoms with Gasteiger partial charge in [0.1, 0.15) is 17.4 Å². The van der Waals surface area contributed by atoms with E-state index in [1.807, 2.05) is 49.4 Å². The number of carbonyl (C=O) groups excluding carboxylic acids is 1. The summed E-state index contributed by atoms with van der Waals surface area (Å²) in [6, 6.07) is 15.2. The number of anilines is 1. The SMILES string of the molecule is Cc1ccc(OCCCC(C)(C)O)cc1-c1ccnc(NC(=O)c2n[nH]c(Cc3ccccn3)n2)c1. The van der Waals surface area contributed by atoms with Gasteiger partial charge in [-0.15, -0.1) is 5.10 Å². The zero-order chi connectivity index (χ0) is 25.5. The van der Waals surface area contributed by atoms with Gasteiger partial charge in [0.05, 0.1) is 12.2 Å². The number of aromatic nitrogens is 5. The van der Waals surface area contributed by atoms with Crippen LogP contribution in [0.4, 0.5) is 5.82 Å². The quantitative estimate of drug-likeness (QED) is 0.285. The number of carbonyl (C=O) groups is 1. The predicted octanol–water partition coefficient (Wildman–Crippen LogP) is 4.34. The van der Waals surface area contributed by atoms with Crippen molar-refractivity contribution in [3.8, 4) is 16.9 Å². The molecule has 0 spiro atoms. The minimum atomic E-state index is -0.703. The van der Waals surface area contributed by atoms with Crippen LogP contribution in [0, 0.1) is 6.92 Å². The molecule has 0 atom stereocenters. The van der Waals surface area contributed by atoms with Gasteiger partial charge >= 0.3 is 0 Å². The Hall–Kier alpha value is -4.11. The van der Waals surface area contributed by atoms with Crippen molar-refractivity contribution in [2.45, 2.75) is 45.6 Å². The molecule has 9 nitrogen and oxygen atoms in total. The Bertz CT molecular complexity index is 1310. The van der Waals surface area contributed by atoms with Gasteiger partial charge in [-0.25, -0.2) is 9.97 Å². The Morgan fingerprint density at radius 1 is 1.11 bits per heavy atom. The summed E-state index contributed by atoms with van der Waals surface area (Å²) in [6.07, 6.45) is 5.22. The molecule has 0 fully saturated rings. The third kappa shape index (κ3) is 6.96. The number of nitrogens with one attached hydrogen (secondary N) is 2. The molecular weight excluding hydrogens is 456 g/mol. The Morgan fingerprint density at radius 3 is 2.75 bits per heavy atom. The zero-order valence-corrected chi connectivity index (χ0v) is 20.7. The van der Waals surface area contributed by atoms with Crippen LogP contribution in [-0.2, 0) is 6.42 Å². The third-order valence-electron chi connectivity index (χ3n) is 5.53. The number of amides is 1. The molecular formula is C27H30N6O3. The van der Waals surface area contributed by atoms with Crippen molar-refractivity contribution in [1.82, 2.24) is 25.1 Å². The summed E-state index contributed by atoms with van der Waals surface area (Å²) < 4.78 is 5.90. The number of ether oxygens (including phenoxy) is 1. The monoisotopic (exact) mass is 486 g/mol. The van der Waals surface area contributed by atoms with Crippen molar-refractivity contribution in [3.05, 3.63) is 83.8 Å². The number of pyridine rings is 2. The molecule has 186 valence electrons. The number of benzene rings is 1. The summed E-state index contributed by atoms with van der Waals surface area (Å²) in [4.78, 5) is 25.5. The van der Waals surface area contributed by atoms with Crippen molar-refractivity contribution < 1.29 is 14.6 Å². The van der Waals surface area contributed by atoms with Crippen LogP contribution in [0.15, 0.2) is 60.9 Å². The van der Waals surface area contributed by atoms with Gasteiger partial charge < -0.3 is 15.2 Å². The fourth-order valence-electron chi connectivity index (χ4n) is 3.69. The molecule has 0 bridgehead atoms. The lowest BCUT2D eigenvalue weighted by atomic mass is 10.0. The Kier molecular flexibility index (Phi) is 7.70. The van der Waals surface area contributed by atoms with Crippen LogP contribution in [0.5, 0.6) is 5.75 Å². The van der Waals surface area contributed by atoms with Crippen LogP contribution in [-0.4, -0.2) is 48.4 Å². The second-order valence-electron chi connectivity index (χ2n) is 9.23. The molecule has 3 N–H and O–H groups in total. The molecule has 9 heteroatoms. The molecule has 3 aromatic heterocycles. The normalized spacial score (nSPS) is 11.3. The molecule has 0 aliphatic rings. The Labute approximate surface area is 210 Å². The van der Waals surface area contributed by atoms with Crippen LogP contribution in [0.25, 0.3) is 11.1 Å². The van der Waals surface area contributed by atoms with Gasteiger partial charge in [0.25, 0.3) is 5.91 Å². The first-order valence-corrected chi connectivity index (χ1v) is 11.8. The van der Waals surface area contributed by atoms with Gasteiger partial charge in [-0.05, 0) is 86.7 Å². The van der Waals surface area contributed by atoms with Gasteiger partial charge in [0, 0.05) is 24.5 Å². The van der Waals surface area contributed by atoms with Crippen molar-refractivity contribution in [2.24, 2.45) is 0 Å². The van der Waals surface area contributed by atoms with Crippen LogP contribution >= 0.6 is 0 Å². The lowest BCUT2D eigenvalue weighted by Crippen LogP contribution is -2.19. The maximum Gasteiger partial charge on any atom is 0.296 e. The molecule has 3 heterocycles. The van der Waals surface area contributed by atoms with E-state index in [1.165, 1.54) is 0 Å². The predicted molar refractivity (Wildman–Crippen MR) is 137 cm³/mol. The summed E-state index contributed by atoms with van der Waals surface area (Å²) in [5.41, 5.74) is 3.06. The first-order chi connectivity index (χ1) is 17.3. The van der Waals surface area contributed by atoms with Crippen molar-refractivity contribution in [2.75, 3.05) is 11.9 Å². The number of hydrogen-bond acceptors (Lipinski definition) is 7. The maximum absolute atomic E-state index is 12.7. The van der Waals surface area contributed by atoms with Crippen molar-refractivity contribution >= 4 is 11.7 Å². The van der Waals surface area contributed by atoms with Gasteiger partial charge in [-0.1, -0.05) is 12.1 Å². The van der Waals surface area contributed by atoms with Crippen LogP contribution in [0.3, 0.4) is 0 Å². The highest BCUT2D eigenvalue weighted by molar-refractivity contribution is 6.01. The molecule has 0 saturated carbocycles. The van der Waals surface area contributed by atoms with Gasteiger partial charge in [-0.3, -0.25) is 14.9 Å². The molecule has 0 radical (unpaired) electrons. The number of rotatable bonds is 10. The lowest BCUT2D eigenvalue weighted by Gasteiger charge is -2.17. The molecule has 0 saturated heterocycles. The van der Waals surface area contributed by atoms with Gasteiger partial charge in [0.15, 0.2) is 0 Å². The highest BCUT2D eigenvalue weighted by atomic mass is 16.5. The molecule has 0 aliphatic heterocycles. The Balaban J connectivity index is 1.42. The Morgan fingerprint density at radius 2 is 1.97 bits per heavy atom. The number of aliphatic hydroxyl groups is 1. The second kappa shape index (κ2) is 11.1. The van der Waals surface area contributed by atoms with Gasteiger partial charge in [-0.2, -0.15) is 0 Å². The van der Waals surface area contributed by atoms with E-state index in [4.69, 9.17) is 4.74 Å². The number of hydrogen-bond donors (Lipinski definition) is 3. The van der Waals surface area contributed by atoms with Crippen LogP contribution < -0.4 is 10.1 Å². The highest BCUT2D eigenvalue weighted by Gasteiger charge is 2.15. The van der Waals surface area contributed by atoms with Crippen LogP contribution in [0.1, 0.15) is 54.4 Å². The number of nitrogens with zero attached hydrogens (tertiary/aromatic N) is 4. The van der Waals surface area contributed by atoms with Crippen molar-refractivity contribution in [1.29, 1.82) is 0 Å². The molecule has 1 aromatic carbocycles. The van der Waals surface area contributed by atoms with E-state index in [2.05, 4.69) is 30.5 Å². The average molecular weight is 487 g/mol. The molecule has 0 unspecified atom stereocenters. The second-order valence-corrected chi connectivity index (χ2v) is 9.23. The summed E-state index contributed by atoms with van der Waals surface area (Å²) in [5, 5.41) is 19.5. The smallest absolute Gasteiger partial charge is 0.296 e. The average Bonchev–Trinajstić information content (AvgIpc) is 3.32. The first-order valence-electron chi connectivity index (χ1n) is 11.8. The van der Waals surface area contributed by atoms with E-state index >= 15 is 0 Å². The summed E-state index contributed by atoms with van der Waals surface area (Å²) >= 11 is 0. The first kappa shape index (κ1) is 25.0. The number of H-pyrrole nitrogens is 1. The zero-order valence-electron chi connectivity index (χ0n) is 20.7. The van der Waals surface area contributed by atoms with E-state index < -0.39 is 11.5 Å². The number of aryl methyl sites for hydroxylation is 1. The molecule has 4 aromatic rings. The standard InChI is InChI=1S/C27H30N6O3/c1-18-8-9-21(36-14-6-11-27(2,3)35)17-22(18)19-10-13-29-23(15-19)31-26(34)25-30-24(32-33-25)16-20-7-4-5-12-28-20/h4-5,7-10,12-13,15,17,35H,6,11,14,16H2,1-3H3,(H,29,31,34)(H,30,32,33). The fourth-order valence-corrected chi connectivity index (χ4v) is 3.69. The van der Waals surface area contributed by atoms with Gasteiger partial charge in [0.2, 0.25) is 5.82 Å². The van der Waals surface area contributed by atoms with E-state index in [0.29, 0.717) is 31.1 Å². The third-order valence-corrected chi connectivity index (χ3v) is 5.53. The summed E-state index contributed by atoms with van der Waals surface area (Å²) in [7, 11) is 0. The van der Waals surface area contributed by atoms with Crippen molar-refractivity contribution in [3.63, 3.8) is 0 Å². The summed E-state index contributed by atoms with van der Waals surface area (Å²) in [6.45, 7) is 6.12. The van der Waals surface area contributed by atoms with E-state index in [9.17, 15) is 9.90 Å². The molecule has 0 aliphatic carbocycles. The lowest BCUT2D eigenvalue weighted by molar-refractivity contribution is 0.0641. The minimum absolute atomic E-state index is 0.0331. The minimum Gasteiger partial charge on any atom is -0.494 e. The summed E-state index contributed by atoms with van der Waals surface area (Å²) in [5.74, 6) is 1.27. The maximum atomic E-state index is 12.7. The molecule has 4 rings (SSSR count). The van der Waals surface area contributed by atoms with E-state index in [-0.39, 0.29) is 5.82 Å². The molecule has 1 amide bonds.